The van der Waals surface area contributed by atoms with E-state index in [4.69, 9.17) is 23.8 Å². The Kier molecular flexibility index (Phi) is 7.28. The van der Waals surface area contributed by atoms with Crippen LogP contribution in [0.3, 0.4) is 0 Å². The van der Waals surface area contributed by atoms with E-state index in [1.54, 1.807) is 60.7 Å². The summed E-state index contributed by atoms with van der Waals surface area (Å²) in [4.78, 5) is 24.7. The molecule has 0 unspecified atom stereocenters. The molecule has 3 aromatic carbocycles. The number of amides is 2. The summed E-state index contributed by atoms with van der Waals surface area (Å²) in [5.41, 5.74) is 3.52. The average molecular weight is 466 g/mol. The maximum Gasteiger partial charge on any atom is 0.257 e. The zero-order chi connectivity index (χ0) is 23.3. The fourth-order valence-electron chi connectivity index (χ4n) is 2.90. The smallest absolute Gasteiger partial charge is 0.257 e. The van der Waals surface area contributed by atoms with E-state index in [-0.39, 0.29) is 22.3 Å². The first-order valence-corrected chi connectivity index (χ1v) is 10.8. The highest BCUT2D eigenvalue weighted by atomic mass is 35.5. The molecular weight excluding hydrogens is 442 g/mol. The van der Waals surface area contributed by atoms with Gasteiger partial charge in [-0.1, -0.05) is 44.5 Å². The van der Waals surface area contributed by atoms with Crippen LogP contribution in [0.2, 0.25) is 5.02 Å². The van der Waals surface area contributed by atoms with Gasteiger partial charge in [-0.25, -0.2) is 0 Å². The molecule has 0 fully saturated rings. The molecule has 164 valence electrons. The maximum absolute atomic E-state index is 12.4. The Morgan fingerprint density at radius 2 is 1.19 bits per heavy atom. The molecule has 7 heteroatoms. The number of halogens is 1. The summed E-state index contributed by atoms with van der Waals surface area (Å²) < 4.78 is 0. The van der Waals surface area contributed by atoms with Crippen LogP contribution in [0.25, 0.3) is 0 Å². The summed E-state index contributed by atoms with van der Waals surface area (Å²) >= 11 is 11.1. The van der Waals surface area contributed by atoms with Crippen LogP contribution in [0.1, 0.15) is 47.1 Å². The number of carbonyl (C=O) groups excluding carboxylic acids is 2. The lowest BCUT2D eigenvalue weighted by Crippen LogP contribution is -2.34. The number of hydrogen-bond acceptors (Lipinski definition) is 3. The topological polar surface area (TPSA) is 70.2 Å². The fraction of sp³-hybridized carbons (Fsp3) is 0.160. The molecule has 3 rings (SSSR count). The monoisotopic (exact) mass is 465 g/mol. The van der Waals surface area contributed by atoms with Gasteiger partial charge < -0.3 is 10.6 Å². The predicted octanol–water partition coefficient (Wildman–Crippen LogP) is 6.02. The van der Waals surface area contributed by atoms with Crippen molar-refractivity contribution in [3.8, 4) is 0 Å². The number of rotatable bonds is 4. The summed E-state index contributed by atoms with van der Waals surface area (Å²) in [6, 6.07) is 21.1. The van der Waals surface area contributed by atoms with E-state index in [1.165, 1.54) is 0 Å². The third kappa shape index (κ3) is 6.39. The number of benzene rings is 3. The van der Waals surface area contributed by atoms with Gasteiger partial charge in [-0.15, -0.1) is 0 Å². The van der Waals surface area contributed by atoms with Crippen LogP contribution in [0.4, 0.5) is 11.4 Å². The second-order valence-corrected chi connectivity index (χ2v) is 9.12. The molecule has 0 spiro atoms. The van der Waals surface area contributed by atoms with Crippen LogP contribution in [0.5, 0.6) is 0 Å². The van der Waals surface area contributed by atoms with Gasteiger partial charge in [0.15, 0.2) is 5.11 Å². The minimum Gasteiger partial charge on any atom is -0.332 e. The van der Waals surface area contributed by atoms with Crippen molar-refractivity contribution in [1.29, 1.82) is 0 Å². The molecule has 0 saturated heterocycles. The van der Waals surface area contributed by atoms with E-state index in [2.05, 4.69) is 36.7 Å². The lowest BCUT2D eigenvalue weighted by Gasteiger charge is -2.19. The highest BCUT2D eigenvalue weighted by Gasteiger charge is 2.15. The van der Waals surface area contributed by atoms with Crippen molar-refractivity contribution in [1.82, 2.24) is 5.32 Å². The standard InChI is InChI=1S/C25H24ClN3O2S/c1-25(2,3)18-8-4-16(5-9-18)23(31)29-24(32)28-21-14-12-20(13-15-21)27-22(30)17-6-10-19(26)11-7-17/h4-15H,1-3H3,(H,27,30)(H2,28,29,31,32). The zero-order valence-corrected chi connectivity index (χ0v) is 19.6. The van der Waals surface area contributed by atoms with Gasteiger partial charge in [0.25, 0.3) is 11.8 Å². The van der Waals surface area contributed by atoms with Crippen molar-refractivity contribution in [3.05, 3.63) is 94.5 Å². The summed E-state index contributed by atoms with van der Waals surface area (Å²) in [5.74, 6) is -0.516. The molecule has 0 radical (unpaired) electrons. The minimum atomic E-state index is -0.283. The van der Waals surface area contributed by atoms with Crippen LogP contribution in [0.15, 0.2) is 72.8 Å². The third-order valence-corrected chi connectivity index (χ3v) is 5.20. The quantitative estimate of drug-likeness (QED) is 0.412. The maximum atomic E-state index is 12.4. The largest absolute Gasteiger partial charge is 0.332 e. The van der Waals surface area contributed by atoms with Gasteiger partial charge in [0.05, 0.1) is 0 Å². The number of anilines is 2. The highest BCUT2D eigenvalue weighted by molar-refractivity contribution is 7.80. The molecule has 0 saturated carbocycles. The second kappa shape index (κ2) is 9.94. The van der Waals surface area contributed by atoms with Crippen molar-refractivity contribution >= 4 is 52.1 Å². The molecule has 0 aromatic heterocycles. The van der Waals surface area contributed by atoms with Gasteiger partial charge in [-0.05, 0) is 83.9 Å². The van der Waals surface area contributed by atoms with Gasteiger partial charge in [-0.3, -0.25) is 14.9 Å². The fourth-order valence-corrected chi connectivity index (χ4v) is 3.24. The van der Waals surface area contributed by atoms with E-state index in [1.807, 2.05) is 12.1 Å². The molecule has 32 heavy (non-hydrogen) atoms. The first-order valence-electron chi connectivity index (χ1n) is 10.0. The van der Waals surface area contributed by atoms with Crippen LogP contribution < -0.4 is 16.0 Å². The van der Waals surface area contributed by atoms with Gasteiger partial charge in [-0.2, -0.15) is 0 Å². The van der Waals surface area contributed by atoms with Crippen molar-refractivity contribution < 1.29 is 9.59 Å². The van der Waals surface area contributed by atoms with Gasteiger partial charge in [0.2, 0.25) is 0 Å². The Morgan fingerprint density at radius 3 is 1.72 bits per heavy atom. The van der Waals surface area contributed by atoms with Gasteiger partial charge in [0.1, 0.15) is 0 Å². The molecule has 0 aliphatic heterocycles. The SMILES string of the molecule is CC(C)(C)c1ccc(C(=O)NC(=S)Nc2ccc(NC(=O)c3ccc(Cl)cc3)cc2)cc1. The van der Waals surface area contributed by atoms with Crippen LogP contribution in [-0.2, 0) is 5.41 Å². The van der Waals surface area contributed by atoms with Crippen LogP contribution in [0, 0.1) is 0 Å². The molecule has 0 aliphatic carbocycles. The Morgan fingerprint density at radius 1 is 0.719 bits per heavy atom. The second-order valence-electron chi connectivity index (χ2n) is 8.27. The van der Waals surface area contributed by atoms with Gasteiger partial charge in [0, 0.05) is 27.5 Å². The van der Waals surface area contributed by atoms with E-state index < -0.39 is 0 Å². The Hall–Kier alpha value is -3.22. The third-order valence-electron chi connectivity index (χ3n) is 4.75. The summed E-state index contributed by atoms with van der Waals surface area (Å²) in [6.07, 6.45) is 0. The number of carbonyl (C=O) groups is 2. The van der Waals surface area contributed by atoms with E-state index in [0.29, 0.717) is 27.5 Å². The Balaban J connectivity index is 1.54. The normalized spacial score (nSPS) is 10.9. The highest BCUT2D eigenvalue weighted by Crippen LogP contribution is 2.22. The average Bonchev–Trinajstić information content (AvgIpc) is 2.75. The summed E-state index contributed by atoms with van der Waals surface area (Å²) in [5, 5.41) is 9.22. The van der Waals surface area contributed by atoms with E-state index in [9.17, 15) is 9.59 Å². The van der Waals surface area contributed by atoms with E-state index in [0.717, 1.165) is 5.56 Å². The molecule has 5 nitrogen and oxygen atoms in total. The molecule has 2 amide bonds. The Bertz CT molecular complexity index is 1120. The molecular formula is C25H24ClN3O2S. The summed E-state index contributed by atoms with van der Waals surface area (Å²) in [6.45, 7) is 6.36. The molecule has 0 atom stereocenters. The van der Waals surface area contributed by atoms with E-state index >= 15 is 0 Å². The van der Waals surface area contributed by atoms with Crippen LogP contribution >= 0.6 is 23.8 Å². The predicted molar refractivity (Wildman–Crippen MR) is 135 cm³/mol. The first kappa shape index (κ1) is 23.4. The first-order chi connectivity index (χ1) is 15.1. The van der Waals surface area contributed by atoms with Crippen molar-refractivity contribution in [2.24, 2.45) is 0 Å². The number of thiocarbonyl (C=S) groups is 1. The van der Waals surface area contributed by atoms with Gasteiger partial charge >= 0.3 is 0 Å². The molecule has 0 heterocycles. The molecule has 3 aromatic rings. The molecule has 0 bridgehead atoms. The lowest BCUT2D eigenvalue weighted by molar-refractivity contribution is 0.0976. The molecule has 3 N–H and O–H groups in total. The zero-order valence-electron chi connectivity index (χ0n) is 18.0. The van der Waals surface area contributed by atoms with Crippen molar-refractivity contribution in [2.75, 3.05) is 10.6 Å². The van der Waals surface area contributed by atoms with Crippen LogP contribution in [-0.4, -0.2) is 16.9 Å². The molecule has 0 aliphatic rings. The summed E-state index contributed by atoms with van der Waals surface area (Å²) in [7, 11) is 0. The Labute approximate surface area is 198 Å². The lowest BCUT2D eigenvalue weighted by atomic mass is 9.87. The minimum absolute atomic E-state index is 0.0202. The number of hydrogen-bond donors (Lipinski definition) is 3. The van der Waals surface area contributed by atoms with Crippen molar-refractivity contribution in [3.63, 3.8) is 0 Å². The van der Waals surface area contributed by atoms with Crippen molar-refractivity contribution in [2.45, 2.75) is 26.2 Å². The number of nitrogens with one attached hydrogen (secondary N) is 3.